The molecule has 9 heteroatoms. The van der Waals surface area contributed by atoms with Crippen molar-refractivity contribution in [3.05, 3.63) is 52.4 Å². The molecule has 136 valence electrons. The molecule has 0 spiro atoms. The molecule has 0 aliphatic heterocycles. The first kappa shape index (κ1) is 19.1. The van der Waals surface area contributed by atoms with Crippen LogP contribution in [0.2, 0.25) is 0 Å². The highest BCUT2D eigenvalue weighted by Crippen LogP contribution is 2.24. The van der Waals surface area contributed by atoms with Gasteiger partial charge in [-0.2, -0.15) is 0 Å². The molecule has 1 heterocycles. The van der Waals surface area contributed by atoms with Gasteiger partial charge in [-0.1, -0.05) is 0 Å². The summed E-state index contributed by atoms with van der Waals surface area (Å²) in [6.07, 6.45) is -0.862. The van der Waals surface area contributed by atoms with Gasteiger partial charge >= 0.3 is 12.1 Å². The standard InChI is InChI=1S/C17H16N2O6S/c1-3-25-17(23)19-14(21)12-8-9-26-15(12)18-13(20)10-4-6-11(7-5-10)16(22)24-2/h4-9H,3H2,1-2H3,(H,18,20)(H,19,21,23). The van der Waals surface area contributed by atoms with Crippen molar-refractivity contribution in [3.63, 3.8) is 0 Å². The molecule has 2 N–H and O–H groups in total. The zero-order valence-corrected chi connectivity index (χ0v) is 14.8. The summed E-state index contributed by atoms with van der Waals surface area (Å²) in [5, 5.41) is 6.57. The van der Waals surface area contributed by atoms with Gasteiger partial charge < -0.3 is 14.8 Å². The number of thiophene rings is 1. The summed E-state index contributed by atoms with van der Waals surface area (Å²) in [5.41, 5.74) is 0.750. The van der Waals surface area contributed by atoms with E-state index in [1.807, 2.05) is 0 Å². The van der Waals surface area contributed by atoms with Crippen LogP contribution < -0.4 is 10.6 Å². The fourth-order valence-corrected chi connectivity index (χ4v) is 2.74. The van der Waals surface area contributed by atoms with Gasteiger partial charge in [0.2, 0.25) is 0 Å². The number of carbonyl (C=O) groups is 4. The number of alkyl carbamates (subject to hydrolysis) is 1. The molecule has 2 rings (SSSR count). The number of ether oxygens (including phenoxy) is 2. The largest absolute Gasteiger partial charge is 0.465 e. The van der Waals surface area contributed by atoms with E-state index in [1.54, 1.807) is 12.3 Å². The average Bonchev–Trinajstić information content (AvgIpc) is 3.09. The number of rotatable bonds is 5. The van der Waals surface area contributed by atoms with Gasteiger partial charge in [-0.25, -0.2) is 9.59 Å². The van der Waals surface area contributed by atoms with E-state index in [0.29, 0.717) is 11.1 Å². The molecular formula is C17H16N2O6S. The minimum atomic E-state index is -0.862. The number of esters is 1. The molecule has 0 saturated carbocycles. The van der Waals surface area contributed by atoms with Crippen LogP contribution >= 0.6 is 11.3 Å². The summed E-state index contributed by atoms with van der Waals surface area (Å²) >= 11 is 1.13. The van der Waals surface area contributed by atoms with Crippen LogP contribution in [0.1, 0.15) is 38.0 Å². The summed E-state index contributed by atoms with van der Waals surface area (Å²) in [6, 6.07) is 7.34. The first-order chi connectivity index (χ1) is 12.5. The normalized spacial score (nSPS) is 9.92. The van der Waals surface area contributed by atoms with Gasteiger partial charge in [-0.15, -0.1) is 11.3 Å². The second-order valence-corrected chi connectivity index (χ2v) is 5.78. The molecule has 8 nitrogen and oxygen atoms in total. The van der Waals surface area contributed by atoms with Crippen molar-refractivity contribution < 1.29 is 28.7 Å². The minimum Gasteiger partial charge on any atom is -0.465 e. The molecule has 0 atom stereocenters. The third-order valence-corrected chi connectivity index (χ3v) is 4.03. The van der Waals surface area contributed by atoms with Gasteiger partial charge in [0.15, 0.2) is 0 Å². The lowest BCUT2D eigenvalue weighted by atomic mass is 10.1. The van der Waals surface area contributed by atoms with Crippen LogP contribution in [-0.4, -0.2) is 37.6 Å². The van der Waals surface area contributed by atoms with Crippen molar-refractivity contribution in [2.75, 3.05) is 19.0 Å². The van der Waals surface area contributed by atoms with Gasteiger partial charge in [-0.05, 0) is 42.6 Å². The highest BCUT2D eigenvalue weighted by atomic mass is 32.1. The number of hydrogen-bond donors (Lipinski definition) is 2. The predicted molar refractivity (Wildman–Crippen MR) is 94.5 cm³/mol. The lowest BCUT2D eigenvalue weighted by Gasteiger charge is -2.07. The SMILES string of the molecule is CCOC(=O)NC(=O)c1ccsc1NC(=O)c1ccc(C(=O)OC)cc1. The van der Waals surface area contributed by atoms with Crippen molar-refractivity contribution in [1.29, 1.82) is 0 Å². The van der Waals surface area contributed by atoms with Crippen molar-refractivity contribution in [3.8, 4) is 0 Å². The fraction of sp³-hybridized carbons (Fsp3) is 0.176. The summed E-state index contributed by atoms with van der Waals surface area (Å²) < 4.78 is 9.24. The molecule has 1 aromatic heterocycles. The van der Waals surface area contributed by atoms with E-state index in [0.717, 1.165) is 11.3 Å². The molecule has 1 aromatic carbocycles. The summed E-state index contributed by atoms with van der Waals surface area (Å²) in [6.45, 7) is 1.75. The Morgan fingerprint density at radius 2 is 1.65 bits per heavy atom. The Bertz CT molecular complexity index is 828. The molecular weight excluding hydrogens is 360 g/mol. The second kappa shape index (κ2) is 8.77. The Kier molecular flexibility index (Phi) is 6.45. The second-order valence-electron chi connectivity index (χ2n) is 4.86. The first-order valence-corrected chi connectivity index (χ1v) is 8.39. The van der Waals surface area contributed by atoms with Crippen LogP contribution in [0.3, 0.4) is 0 Å². The molecule has 0 fully saturated rings. The van der Waals surface area contributed by atoms with E-state index in [-0.39, 0.29) is 17.2 Å². The van der Waals surface area contributed by atoms with Crippen molar-refractivity contribution >= 4 is 40.2 Å². The number of nitrogens with one attached hydrogen (secondary N) is 2. The van der Waals surface area contributed by atoms with E-state index in [2.05, 4.69) is 20.1 Å². The quantitative estimate of drug-likeness (QED) is 0.776. The Morgan fingerprint density at radius 3 is 2.27 bits per heavy atom. The van der Waals surface area contributed by atoms with Gasteiger partial charge in [-0.3, -0.25) is 14.9 Å². The lowest BCUT2D eigenvalue weighted by molar-refractivity contribution is 0.0600. The van der Waals surface area contributed by atoms with E-state index in [1.165, 1.54) is 37.4 Å². The lowest BCUT2D eigenvalue weighted by Crippen LogP contribution is -2.31. The third kappa shape index (κ3) is 4.67. The molecule has 0 bridgehead atoms. The number of anilines is 1. The number of amides is 3. The molecule has 0 unspecified atom stereocenters. The monoisotopic (exact) mass is 376 g/mol. The topological polar surface area (TPSA) is 111 Å². The molecule has 26 heavy (non-hydrogen) atoms. The number of methoxy groups -OCH3 is 1. The van der Waals surface area contributed by atoms with Gasteiger partial charge in [0.1, 0.15) is 5.00 Å². The molecule has 3 amide bonds. The molecule has 0 aliphatic rings. The van der Waals surface area contributed by atoms with E-state index in [9.17, 15) is 19.2 Å². The molecule has 0 radical (unpaired) electrons. The van der Waals surface area contributed by atoms with E-state index in [4.69, 9.17) is 0 Å². The summed E-state index contributed by atoms with van der Waals surface area (Å²) in [5.74, 6) is -1.65. The predicted octanol–water partition coefficient (Wildman–Crippen LogP) is 2.67. The summed E-state index contributed by atoms with van der Waals surface area (Å²) in [7, 11) is 1.27. The van der Waals surface area contributed by atoms with Crippen molar-refractivity contribution in [2.24, 2.45) is 0 Å². The minimum absolute atomic E-state index is 0.133. The van der Waals surface area contributed by atoms with Crippen LogP contribution in [0.25, 0.3) is 0 Å². The van der Waals surface area contributed by atoms with E-state index >= 15 is 0 Å². The Morgan fingerprint density at radius 1 is 1.00 bits per heavy atom. The van der Waals surface area contributed by atoms with Crippen LogP contribution in [-0.2, 0) is 9.47 Å². The van der Waals surface area contributed by atoms with Gasteiger partial charge in [0, 0.05) is 5.56 Å². The smallest absolute Gasteiger partial charge is 0.414 e. The van der Waals surface area contributed by atoms with Crippen LogP contribution in [0.5, 0.6) is 0 Å². The van der Waals surface area contributed by atoms with Crippen LogP contribution in [0, 0.1) is 0 Å². The first-order valence-electron chi connectivity index (χ1n) is 7.51. The Hall–Kier alpha value is -3.20. The zero-order chi connectivity index (χ0) is 19.1. The van der Waals surface area contributed by atoms with Crippen molar-refractivity contribution in [1.82, 2.24) is 5.32 Å². The maximum atomic E-state index is 12.3. The van der Waals surface area contributed by atoms with E-state index < -0.39 is 23.9 Å². The van der Waals surface area contributed by atoms with Crippen LogP contribution in [0.15, 0.2) is 35.7 Å². The van der Waals surface area contributed by atoms with Crippen molar-refractivity contribution in [2.45, 2.75) is 6.92 Å². The maximum Gasteiger partial charge on any atom is 0.414 e. The van der Waals surface area contributed by atoms with Gasteiger partial charge in [0.05, 0.1) is 24.8 Å². The fourth-order valence-electron chi connectivity index (χ4n) is 1.96. The summed E-state index contributed by atoms with van der Waals surface area (Å²) in [4.78, 5) is 47.1. The average molecular weight is 376 g/mol. The van der Waals surface area contributed by atoms with Gasteiger partial charge in [0.25, 0.3) is 11.8 Å². The highest BCUT2D eigenvalue weighted by Gasteiger charge is 2.18. The highest BCUT2D eigenvalue weighted by molar-refractivity contribution is 7.14. The molecule has 0 saturated heterocycles. The maximum absolute atomic E-state index is 12.3. The number of imide groups is 1. The number of hydrogen-bond acceptors (Lipinski definition) is 7. The number of carbonyl (C=O) groups excluding carboxylic acids is 4. The zero-order valence-electron chi connectivity index (χ0n) is 14.0. The Labute approximate surface area is 153 Å². The van der Waals surface area contributed by atoms with Crippen LogP contribution in [0.4, 0.5) is 9.80 Å². The molecule has 0 aliphatic carbocycles. The number of benzene rings is 1. The third-order valence-electron chi connectivity index (χ3n) is 3.20. The molecule has 2 aromatic rings. The Balaban J connectivity index is 2.08.